The van der Waals surface area contributed by atoms with E-state index >= 15 is 0 Å². The van der Waals surface area contributed by atoms with Gasteiger partial charge in [0, 0.05) is 5.69 Å². The summed E-state index contributed by atoms with van der Waals surface area (Å²) in [5.41, 5.74) is 1.96. The lowest BCUT2D eigenvalue weighted by Crippen LogP contribution is -2.58. The molecule has 0 bridgehead atoms. The molecule has 1 unspecified atom stereocenters. The number of amides is 2. The van der Waals surface area contributed by atoms with Crippen LogP contribution in [0.3, 0.4) is 0 Å². The molecule has 1 atom stereocenters. The van der Waals surface area contributed by atoms with Gasteiger partial charge in [0.15, 0.2) is 0 Å². The molecule has 19 heavy (non-hydrogen) atoms. The molecular weight excluding hydrogens is 240 g/mol. The quantitative estimate of drug-likeness (QED) is 0.898. The number of piperazine rings is 1. The maximum Gasteiger partial charge on any atom is 0.250 e. The van der Waals surface area contributed by atoms with Gasteiger partial charge in [-0.2, -0.15) is 0 Å². The van der Waals surface area contributed by atoms with Crippen LogP contribution in [0.25, 0.3) is 0 Å². The Morgan fingerprint density at radius 2 is 2.00 bits per heavy atom. The van der Waals surface area contributed by atoms with Crippen molar-refractivity contribution in [2.45, 2.75) is 39.2 Å². The molecule has 0 saturated carbocycles. The van der Waals surface area contributed by atoms with E-state index in [2.05, 4.69) is 12.2 Å². The highest BCUT2D eigenvalue weighted by atomic mass is 16.2. The Morgan fingerprint density at radius 3 is 2.68 bits per heavy atom. The molecule has 4 heteroatoms. The number of anilines is 1. The molecule has 0 aliphatic carbocycles. The van der Waals surface area contributed by atoms with E-state index in [-0.39, 0.29) is 24.4 Å². The molecule has 1 aromatic carbocycles. The normalized spacial score (nSPS) is 19.5. The molecule has 1 heterocycles. The first-order valence-electron chi connectivity index (χ1n) is 6.86. The molecule has 1 N–H and O–H groups in total. The summed E-state index contributed by atoms with van der Waals surface area (Å²) in [4.78, 5) is 25.8. The SMILES string of the molecule is CCCC1NC(=O)CN(c2ccccc2CC)C1=O. The number of aryl methyl sites for hydroxylation is 1. The predicted molar refractivity (Wildman–Crippen MR) is 75.0 cm³/mol. The molecule has 1 aliphatic heterocycles. The molecule has 1 aromatic rings. The average Bonchev–Trinajstić information content (AvgIpc) is 2.42. The number of benzene rings is 1. The van der Waals surface area contributed by atoms with Gasteiger partial charge in [0.05, 0.1) is 0 Å². The van der Waals surface area contributed by atoms with Gasteiger partial charge in [0.2, 0.25) is 11.8 Å². The van der Waals surface area contributed by atoms with Crippen LogP contribution < -0.4 is 10.2 Å². The average molecular weight is 260 g/mol. The molecule has 2 rings (SSSR count). The van der Waals surface area contributed by atoms with Crippen LogP contribution >= 0.6 is 0 Å². The van der Waals surface area contributed by atoms with Gasteiger partial charge in [-0.25, -0.2) is 0 Å². The maximum atomic E-state index is 12.4. The van der Waals surface area contributed by atoms with E-state index in [1.807, 2.05) is 31.2 Å². The van der Waals surface area contributed by atoms with Crippen molar-refractivity contribution < 1.29 is 9.59 Å². The molecule has 4 nitrogen and oxygen atoms in total. The number of hydrogen-bond acceptors (Lipinski definition) is 2. The van der Waals surface area contributed by atoms with Crippen LogP contribution in [0.5, 0.6) is 0 Å². The fraction of sp³-hybridized carbons (Fsp3) is 0.467. The van der Waals surface area contributed by atoms with Crippen LogP contribution in [-0.2, 0) is 16.0 Å². The number of carbonyl (C=O) groups is 2. The Bertz CT molecular complexity index is 485. The van der Waals surface area contributed by atoms with Crippen LogP contribution in [0.4, 0.5) is 5.69 Å². The van der Waals surface area contributed by atoms with Gasteiger partial charge >= 0.3 is 0 Å². The van der Waals surface area contributed by atoms with Crippen molar-refractivity contribution in [3.63, 3.8) is 0 Å². The highest BCUT2D eigenvalue weighted by molar-refractivity contribution is 6.06. The zero-order valence-corrected chi connectivity index (χ0v) is 11.5. The highest BCUT2D eigenvalue weighted by Crippen LogP contribution is 2.23. The van der Waals surface area contributed by atoms with E-state index in [4.69, 9.17) is 0 Å². The number of carbonyl (C=O) groups excluding carboxylic acids is 2. The van der Waals surface area contributed by atoms with Gasteiger partial charge in [-0.1, -0.05) is 38.5 Å². The van der Waals surface area contributed by atoms with Crippen molar-refractivity contribution in [3.8, 4) is 0 Å². The van der Waals surface area contributed by atoms with Crippen LogP contribution in [0.15, 0.2) is 24.3 Å². The predicted octanol–water partition coefficient (Wildman–Crippen LogP) is 1.88. The standard InChI is InChI=1S/C15H20N2O2/c1-3-7-12-15(19)17(10-14(18)16-12)13-9-6-5-8-11(13)4-2/h5-6,8-9,12H,3-4,7,10H2,1-2H3,(H,16,18). The summed E-state index contributed by atoms with van der Waals surface area (Å²) in [7, 11) is 0. The Morgan fingerprint density at radius 1 is 1.26 bits per heavy atom. The van der Waals surface area contributed by atoms with Gasteiger partial charge in [-0.15, -0.1) is 0 Å². The second-order valence-corrected chi connectivity index (χ2v) is 4.82. The summed E-state index contributed by atoms with van der Waals surface area (Å²) in [6.45, 7) is 4.19. The Kier molecular flexibility index (Phi) is 4.20. The van der Waals surface area contributed by atoms with Gasteiger partial charge in [0.25, 0.3) is 0 Å². The highest BCUT2D eigenvalue weighted by Gasteiger charge is 2.33. The largest absolute Gasteiger partial charge is 0.343 e. The first kappa shape index (κ1) is 13.6. The molecule has 1 saturated heterocycles. The molecule has 0 spiro atoms. The molecular formula is C15H20N2O2. The zero-order valence-electron chi connectivity index (χ0n) is 11.5. The van der Waals surface area contributed by atoms with E-state index in [0.717, 1.165) is 24.1 Å². The first-order chi connectivity index (χ1) is 9.17. The van der Waals surface area contributed by atoms with Crippen LogP contribution in [0.1, 0.15) is 32.3 Å². The maximum absolute atomic E-state index is 12.4. The first-order valence-corrected chi connectivity index (χ1v) is 6.86. The molecule has 102 valence electrons. The number of rotatable bonds is 4. The molecule has 2 amide bonds. The molecule has 0 aromatic heterocycles. The van der Waals surface area contributed by atoms with Crippen molar-refractivity contribution in [1.29, 1.82) is 0 Å². The second-order valence-electron chi connectivity index (χ2n) is 4.82. The van der Waals surface area contributed by atoms with Gasteiger partial charge in [0.1, 0.15) is 12.6 Å². The van der Waals surface area contributed by atoms with Gasteiger partial charge < -0.3 is 10.2 Å². The number of nitrogens with one attached hydrogen (secondary N) is 1. The Balaban J connectivity index is 2.31. The van der Waals surface area contributed by atoms with Crippen molar-refractivity contribution in [1.82, 2.24) is 5.32 Å². The summed E-state index contributed by atoms with van der Waals surface area (Å²) in [5, 5.41) is 2.77. The lowest BCUT2D eigenvalue weighted by atomic mass is 10.0. The van der Waals surface area contributed by atoms with Gasteiger partial charge in [-0.3, -0.25) is 9.59 Å². The topological polar surface area (TPSA) is 49.4 Å². The van der Waals surface area contributed by atoms with Crippen molar-refractivity contribution in [3.05, 3.63) is 29.8 Å². The van der Waals surface area contributed by atoms with E-state index in [1.165, 1.54) is 0 Å². The fourth-order valence-corrected chi connectivity index (χ4v) is 2.47. The summed E-state index contributed by atoms with van der Waals surface area (Å²) in [6, 6.07) is 7.40. The third kappa shape index (κ3) is 2.78. The minimum absolute atomic E-state index is 0.00218. The summed E-state index contributed by atoms with van der Waals surface area (Å²) >= 11 is 0. The van der Waals surface area contributed by atoms with Crippen LogP contribution in [-0.4, -0.2) is 24.4 Å². The van der Waals surface area contributed by atoms with E-state index in [1.54, 1.807) is 4.90 Å². The van der Waals surface area contributed by atoms with Crippen molar-refractivity contribution >= 4 is 17.5 Å². The van der Waals surface area contributed by atoms with E-state index in [0.29, 0.717) is 6.42 Å². The van der Waals surface area contributed by atoms with E-state index < -0.39 is 0 Å². The third-order valence-corrected chi connectivity index (χ3v) is 3.44. The van der Waals surface area contributed by atoms with Crippen LogP contribution in [0.2, 0.25) is 0 Å². The van der Waals surface area contributed by atoms with Crippen molar-refractivity contribution in [2.24, 2.45) is 0 Å². The second kappa shape index (κ2) is 5.87. The van der Waals surface area contributed by atoms with Crippen LogP contribution in [0, 0.1) is 0 Å². The smallest absolute Gasteiger partial charge is 0.250 e. The minimum atomic E-state index is -0.379. The van der Waals surface area contributed by atoms with E-state index in [9.17, 15) is 9.59 Å². The molecule has 0 radical (unpaired) electrons. The lowest BCUT2D eigenvalue weighted by molar-refractivity contribution is -0.131. The van der Waals surface area contributed by atoms with Gasteiger partial charge in [-0.05, 0) is 24.5 Å². The fourth-order valence-electron chi connectivity index (χ4n) is 2.47. The molecule has 1 fully saturated rings. The third-order valence-electron chi connectivity index (χ3n) is 3.44. The van der Waals surface area contributed by atoms with Crippen molar-refractivity contribution in [2.75, 3.05) is 11.4 Å². The number of para-hydroxylation sites is 1. The monoisotopic (exact) mass is 260 g/mol. The Labute approximate surface area is 113 Å². The number of hydrogen-bond donors (Lipinski definition) is 1. The lowest BCUT2D eigenvalue weighted by Gasteiger charge is -2.33. The summed E-state index contributed by atoms with van der Waals surface area (Å²) in [6.07, 6.45) is 2.41. The zero-order chi connectivity index (χ0) is 13.8. The summed E-state index contributed by atoms with van der Waals surface area (Å²) < 4.78 is 0. The number of nitrogens with zero attached hydrogens (tertiary/aromatic N) is 1. The Hall–Kier alpha value is -1.84. The summed E-state index contributed by atoms with van der Waals surface area (Å²) in [5.74, 6) is -0.0775. The minimum Gasteiger partial charge on any atom is -0.343 e. The molecule has 1 aliphatic rings.